The number of nitrogens with one attached hydrogen (secondary N) is 3. The number of sulfonamides is 1. The number of carbonyl (C=O) groups is 3. The SMILES string of the molecule is CCCCCCCCCCCCOC(=O)c1ccc(C(OS(=O)Nc2cc(NC(C)C)c(O)c(S(N)(=O)=O)c2)C(=O)NCC)cc1C(=O)OCCCCCCCCCCCC. The molecular formula is C45H74N4O10S2. The van der Waals surface area contributed by atoms with Crippen molar-refractivity contribution in [2.75, 3.05) is 29.8 Å². The number of carbonyl (C=O) groups excluding carboxylic acids is 3. The standard InChI is InChI=1S/C45H74N4O10S2/c1-6-9-11-13-15-17-19-21-23-25-29-57-44(52)37-28-27-35(31-38(37)45(53)58-30-26-24-22-20-18-16-14-12-10-7-2)42(43(51)47-8-3)59-60(54)49-36-32-39(48-34(4)5)41(50)40(33-36)61(46,55)56/h27-28,31-34,42,48-50H,6-26,29-30H2,1-5H3,(H,47,51)(H2,46,55,56). The van der Waals surface area contributed by atoms with E-state index in [1.807, 2.05) is 0 Å². The lowest BCUT2D eigenvalue weighted by Crippen LogP contribution is -2.32. The van der Waals surface area contributed by atoms with Gasteiger partial charge in [-0.05, 0) is 63.4 Å². The molecule has 2 unspecified atom stereocenters. The Kier molecular flexibility index (Phi) is 26.6. The van der Waals surface area contributed by atoms with Gasteiger partial charge in [-0.2, -0.15) is 0 Å². The van der Waals surface area contributed by atoms with Crippen molar-refractivity contribution in [1.29, 1.82) is 0 Å². The average Bonchev–Trinajstić information content (AvgIpc) is 3.21. The van der Waals surface area contributed by atoms with Gasteiger partial charge >= 0.3 is 11.9 Å². The number of unbranched alkanes of at least 4 members (excludes halogenated alkanes) is 18. The molecule has 0 spiro atoms. The van der Waals surface area contributed by atoms with Crippen molar-refractivity contribution in [2.24, 2.45) is 5.14 Å². The van der Waals surface area contributed by atoms with E-state index in [-0.39, 0.29) is 53.9 Å². The lowest BCUT2D eigenvalue weighted by atomic mass is 10.00. The summed E-state index contributed by atoms with van der Waals surface area (Å²) in [6.07, 6.45) is 20.8. The molecule has 0 saturated carbocycles. The van der Waals surface area contributed by atoms with Gasteiger partial charge in [0.1, 0.15) is 4.90 Å². The molecule has 14 nitrogen and oxygen atoms in total. The van der Waals surface area contributed by atoms with Gasteiger partial charge in [0.2, 0.25) is 10.0 Å². The molecule has 0 aliphatic heterocycles. The van der Waals surface area contributed by atoms with Crippen LogP contribution >= 0.6 is 0 Å². The molecule has 346 valence electrons. The van der Waals surface area contributed by atoms with Crippen LogP contribution in [-0.4, -0.2) is 61.4 Å². The number of likely N-dealkylation sites (N-methyl/N-ethyl adjacent to an activating group) is 1. The molecular weight excluding hydrogens is 821 g/mol. The van der Waals surface area contributed by atoms with Crippen molar-refractivity contribution in [2.45, 2.75) is 180 Å². The Morgan fingerprint density at radius 2 is 1.18 bits per heavy atom. The molecule has 0 bridgehead atoms. The minimum Gasteiger partial charge on any atom is -0.504 e. The number of anilines is 2. The molecule has 0 heterocycles. The first-order valence-corrected chi connectivity index (χ1v) is 25.1. The fourth-order valence-corrected chi connectivity index (χ4v) is 8.17. The van der Waals surface area contributed by atoms with Crippen molar-refractivity contribution in [3.05, 3.63) is 47.0 Å². The second-order valence-corrected chi connectivity index (χ2v) is 18.3. The molecule has 61 heavy (non-hydrogen) atoms. The summed E-state index contributed by atoms with van der Waals surface area (Å²) in [5.41, 5.74) is -0.137. The summed E-state index contributed by atoms with van der Waals surface area (Å²) in [7, 11) is -4.41. The molecule has 2 aromatic carbocycles. The summed E-state index contributed by atoms with van der Waals surface area (Å²) in [5, 5.41) is 21.5. The van der Waals surface area contributed by atoms with E-state index < -0.39 is 55.9 Å². The molecule has 0 saturated heterocycles. The van der Waals surface area contributed by atoms with E-state index in [1.54, 1.807) is 20.8 Å². The highest BCUT2D eigenvalue weighted by atomic mass is 32.2. The highest BCUT2D eigenvalue weighted by molar-refractivity contribution is 7.89. The van der Waals surface area contributed by atoms with Gasteiger partial charge in [0.05, 0.1) is 35.7 Å². The lowest BCUT2D eigenvalue weighted by Gasteiger charge is -2.20. The van der Waals surface area contributed by atoms with Gasteiger partial charge in [0, 0.05) is 12.6 Å². The Hall–Kier alpha value is -3.73. The third kappa shape index (κ3) is 21.3. The van der Waals surface area contributed by atoms with Crippen molar-refractivity contribution in [1.82, 2.24) is 5.32 Å². The Morgan fingerprint density at radius 3 is 1.64 bits per heavy atom. The Bertz CT molecular complexity index is 1760. The number of amides is 1. The number of aromatic hydroxyl groups is 1. The zero-order chi connectivity index (χ0) is 45.0. The number of ether oxygens (including phenoxy) is 2. The van der Waals surface area contributed by atoms with Crippen LogP contribution < -0.4 is 20.5 Å². The van der Waals surface area contributed by atoms with Crippen LogP contribution in [0.25, 0.3) is 0 Å². The maximum absolute atomic E-state index is 13.6. The molecule has 16 heteroatoms. The molecule has 0 aliphatic carbocycles. The molecule has 0 fully saturated rings. The van der Waals surface area contributed by atoms with Crippen LogP contribution in [0.4, 0.5) is 11.4 Å². The largest absolute Gasteiger partial charge is 0.504 e. The number of hydrogen-bond acceptors (Lipinski definition) is 11. The van der Waals surface area contributed by atoms with E-state index in [1.165, 1.54) is 101 Å². The van der Waals surface area contributed by atoms with Crippen LogP contribution in [0.15, 0.2) is 35.2 Å². The molecule has 6 N–H and O–H groups in total. The molecule has 0 aliphatic rings. The van der Waals surface area contributed by atoms with E-state index in [0.717, 1.165) is 44.6 Å². The smallest absolute Gasteiger partial charge is 0.339 e. The summed E-state index contributed by atoms with van der Waals surface area (Å²) in [6.45, 7) is 10.1. The predicted molar refractivity (Wildman–Crippen MR) is 243 cm³/mol. The summed E-state index contributed by atoms with van der Waals surface area (Å²) in [5.74, 6) is -2.81. The van der Waals surface area contributed by atoms with Gasteiger partial charge in [-0.25, -0.2) is 27.4 Å². The fraction of sp³-hybridized carbons (Fsp3) is 0.667. The molecule has 0 radical (unpaired) electrons. The van der Waals surface area contributed by atoms with E-state index in [9.17, 15) is 32.1 Å². The monoisotopic (exact) mass is 894 g/mol. The van der Waals surface area contributed by atoms with Crippen molar-refractivity contribution in [3.63, 3.8) is 0 Å². The highest BCUT2D eigenvalue weighted by Crippen LogP contribution is 2.35. The normalized spacial score (nSPS) is 12.5. The summed E-state index contributed by atoms with van der Waals surface area (Å²) in [4.78, 5) is 39.8. The maximum Gasteiger partial charge on any atom is 0.339 e. The van der Waals surface area contributed by atoms with Crippen LogP contribution in [0.5, 0.6) is 5.75 Å². The first-order chi connectivity index (χ1) is 29.2. The number of primary sulfonamides is 1. The zero-order valence-corrected chi connectivity index (χ0v) is 39.0. The van der Waals surface area contributed by atoms with E-state index in [0.29, 0.717) is 12.8 Å². The van der Waals surface area contributed by atoms with Gasteiger partial charge in [0.15, 0.2) is 11.9 Å². The summed E-state index contributed by atoms with van der Waals surface area (Å²) >= 11 is -2.51. The highest BCUT2D eigenvalue weighted by Gasteiger charge is 2.29. The average molecular weight is 895 g/mol. The topological polar surface area (TPSA) is 212 Å². The second kappa shape index (κ2) is 30.3. The van der Waals surface area contributed by atoms with E-state index in [2.05, 4.69) is 29.2 Å². The second-order valence-electron chi connectivity index (χ2n) is 15.9. The number of phenols is 1. The minimum atomic E-state index is -4.41. The maximum atomic E-state index is 13.6. The number of nitrogens with two attached hydrogens (primary N) is 1. The first-order valence-electron chi connectivity index (χ1n) is 22.5. The van der Waals surface area contributed by atoms with Gasteiger partial charge < -0.3 is 25.2 Å². The number of benzene rings is 2. The van der Waals surface area contributed by atoms with Crippen LogP contribution in [0, 0.1) is 0 Å². The van der Waals surface area contributed by atoms with Crippen LogP contribution in [0.2, 0.25) is 0 Å². The number of rotatable bonds is 34. The number of hydrogen-bond donors (Lipinski definition) is 5. The van der Waals surface area contributed by atoms with Gasteiger partial charge in [-0.3, -0.25) is 13.7 Å². The Morgan fingerprint density at radius 1 is 0.705 bits per heavy atom. The van der Waals surface area contributed by atoms with Gasteiger partial charge in [-0.1, -0.05) is 135 Å². The molecule has 2 rings (SSSR count). The van der Waals surface area contributed by atoms with Crippen LogP contribution in [0.3, 0.4) is 0 Å². The molecule has 2 atom stereocenters. The minimum absolute atomic E-state index is 0.00194. The van der Waals surface area contributed by atoms with Crippen LogP contribution in [-0.2, 0) is 39.7 Å². The third-order valence-electron chi connectivity index (χ3n) is 10.0. The summed E-state index contributed by atoms with van der Waals surface area (Å²) < 4.78 is 57.5. The fourth-order valence-electron chi connectivity index (χ4n) is 6.77. The quantitative estimate of drug-likeness (QED) is 0.0193. The lowest BCUT2D eigenvalue weighted by molar-refractivity contribution is -0.127. The van der Waals surface area contributed by atoms with Crippen molar-refractivity contribution < 1.29 is 45.8 Å². The zero-order valence-electron chi connectivity index (χ0n) is 37.3. The third-order valence-corrected chi connectivity index (χ3v) is 11.7. The number of phenolic OH excluding ortho intramolecular Hbond substituents is 1. The molecule has 2 aromatic rings. The van der Waals surface area contributed by atoms with Gasteiger partial charge in [0.25, 0.3) is 17.2 Å². The predicted octanol–water partition coefficient (Wildman–Crippen LogP) is 9.90. The number of esters is 2. The van der Waals surface area contributed by atoms with Crippen LogP contribution in [0.1, 0.15) is 195 Å². The van der Waals surface area contributed by atoms with Crippen molar-refractivity contribution in [3.8, 4) is 5.75 Å². The molecule has 1 amide bonds. The Balaban J connectivity index is 2.26. The molecule has 0 aromatic heterocycles. The van der Waals surface area contributed by atoms with E-state index >= 15 is 0 Å². The van der Waals surface area contributed by atoms with Gasteiger partial charge in [-0.15, -0.1) is 0 Å². The first kappa shape index (κ1) is 53.4. The summed E-state index contributed by atoms with van der Waals surface area (Å²) in [6, 6.07) is 6.15. The van der Waals surface area contributed by atoms with Crippen molar-refractivity contribution >= 4 is 50.5 Å². The van der Waals surface area contributed by atoms with E-state index in [4.69, 9.17) is 18.8 Å². The Labute approximate surface area is 368 Å².